The molecule has 0 unspecified atom stereocenters. The van der Waals surface area contributed by atoms with E-state index in [1.165, 1.54) is 24.3 Å². The normalized spacial score (nSPS) is 11.8. The second-order valence-electron chi connectivity index (χ2n) is 9.13. The number of pyridine rings is 1. The summed E-state index contributed by atoms with van der Waals surface area (Å²) in [6.07, 6.45) is -0.496. The second-order valence-corrected chi connectivity index (χ2v) is 9.13. The van der Waals surface area contributed by atoms with Crippen molar-refractivity contribution in [2.75, 3.05) is 20.3 Å². The number of methoxy groups -OCH3 is 1. The molecule has 3 aromatic rings. The van der Waals surface area contributed by atoms with Crippen molar-refractivity contribution in [3.8, 4) is 39.7 Å². The van der Waals surface area contributed by atoms with Crippen LogP contribution in [0.2, 0.25) is 0 Å². The van der Waals surface area contributed by atoms with E-state index in [1.54, 1.807) is 49.8 Å². The number of ether oxygens (including phenoxy) is 2. The fourth-order valence-electron chi connectivity index (χ4n) is 4.34. The van der Waals surface area contributed by atoms with Crippen LogP contribution in [0.15, 0.2) is 79.1 Å². The standard InChI is InChI=1S/C30H24F5N3O2/c1-39-14-3-15-40-21-10-11-22(24(16-21)30(33,34)35)20-8-6-19(7-9-20)17-38-13-12-26-27(18-38)37-29(36-26)23-4-2-5-25(31)28(23)32/h2,4-13,16,18H,3,14-15,17H2,1H3. The number of imidazole rings is 1. The van der Waals surface area contributed by atoms with Crippen molar-refractivity contribution in [3.63, 3.8) is 0 Å². The van der Waals surface area contributed by atoms with Crippen molar-refractivity contribution in [2.45, 2.75) is 19.1 Å². The molecule has 0 bridgehead atoms. The molecule has 0 aliphatic carbocycles. The molecule has 2 heterocycles. The Morgan fingerprint density at radius 3 is 2.38 bits per heavy atom. The van der Waals surface area contributed by atoms with E-state index < -0.39 is 23.4 Å². The number of rotatable bonds is 9. The summed E-state index contributed by atoms with van der Waals surface area (Å²) in [5, 5.41) is 0. The van der Waals surface area contributed by atoms with E-state index in [0.717, 1.165) is 17.7 Å². The zero-order chi connectivity index (χ0) is 28.3. The third-order valence-corrected chi connectivity index (χ3v) is 6.31. The van der Waals surface area contributed by atoms with Crippen LogP contribution in [0.5, 0.6) is 5.75 Å². The highest BCUT2D eigenvalue weighted by Gasteiger charge is 2.34. The molecule has 0 fully saturated rings. The molecule has 0 saturated carbocycles. The van der Waals surface area contributed by atoms with E-state index in [1.807, 2.05) is 4.57 Å². The average molecular weight is 554 g/mol. The smallest absolute Gasteiger partial charge is 0.417 e. The fraction of sp³-hybridized carbons (Fsp3) is 0.200. The van der Waals surface area contributed by atoms with Crippen LogP contribution in [0.4, 0.5) is 22.0 Å². The summed E-state index contributed by atoms with van der Waals surface area (Å²) < 4.78 is 81.7. The predicted molar refractivity (Wildman–Crippen MR) is 140 cm³/mol. The van der Waals surface area contributed by atoms with E-state index in [0.29, 0.717) is 36.5 Å². The van der Waals surface area contributed by atoms with Crippen molar-refractivity contribution >= 4 is 0 Å². The quantitative estimate of drug-likeness (QED) is 0.140. The van der Waals surface area contributed by atoms with E-state index in [4.69, 9.17) is 9.47 Å². The van der Waals surface area contributed by atoms with Crippen LogP contribution >= 0.6 is 0 Å². The van der Waals surface area contributed by atoms with Crippen LogP contribution in [0.1, 0.15) is 17.5 Å². The van der Waals surface area contributed by atoms with Gasteiger partial charge in [-0.25, -0.2) is 18.7 Å². The number of hydrogen-bond acceptors (Lipinski definition) is 4. The minimum Gasteiger partial charge on any atom is -0.493 e. The zero-order valence-electron chi connectivity index (χ0n) is 21.4. The van der Waals surface area contributed by atoms with Crippen molar-refractivity contribution in [3.05, 3.63) is 102 Å². The van der Waals surface area contributed by atoms with Crippen LogP contribution in [0.25, 0.3) is 33.9 Å². The summed E-state index contributed by atoms with van der Waals surface area (Å²) in [6.45, 7) is 1.12. The van der Waals surface area contributed by atoms with Gasteiger partial charge < -0.3 is 14.0 Å². The molecule has 0 spiro atoms. The summed E-state index contributed by atoms with van der Waals surface area (Å²) in [4.78, 5) is 8.65. The molecule has 0 amide bonds. The van der Waals surface area contributed by atoms with Crippen LogP contribution in [-0.4, -0.2) is 34.9 Å². The molecule has 2 aliphatic rings. The van der Waals surface area contributed by atoms with Gasteiger partial charge in [0.2, 0.25) is 0 Å². The second kappa shape index (κ2) is 11.4. The van der Waals surface area contributed by atoms with Crippen LogP contribution in [0.3, 0.4) is 0 Å². The lowest BCUT2D eigenvalue weighted by Gasteiger charge is -2.16. The molecule has 3 aromatic carbocycles. The highest BCUT2D eigenvalue weighted by molar-refractivity contribution is 5.70. The Labute approximate surface area is 227 Å². The molecular formula is C30H24F5N3O2. The molecule has 206 valence electrons. The molecule has 0 radical (unpaired) electrons. The van der Waals surface area contributed by atoms with E-state index in [9.17, 15) is 22.0 Å². The number of fused-ring (bicyclic) bond motifs is 1. The SMILES string of the molecule is COCCCOc1ccc(-c2ccc(Cn3ccc4nc(-c5cccc(F)c5F)nc-4c3)cc2)c(C(F)(F)F)c1. The lowest BCUT2D eigenvalue weighted by Crippen LogP contribution is -2.09. The van der Waals surface area contributed by atoms with Crippen molar-refractivity contribution in [1.29, 1.82) is 0 Å². The zero-order valence-corrected chi connectivity index (χ0v) is 21.4. The summed E-state index contributed by atoms with van der Waals surface area (Å²) in [5.74, 6) is -1.76. The Balaban J connectivity index is 1.35. The molecule has 0 atom stereocenters. The molecule has 5 rings (SSSR count). The summed E-state index contributed by atoms with van der Waals surface area (Å²) in [5.41, 5.74) is 1.54. The Morgan fingerprint density at radius 2 is 1.62 bits per heavy atom. The van der Waals surface area contributed by atoms with E-state index >= 15 is 0 Å². The third-order valence-electron chi connectivity index (χ3n) is 6.31. The van der Waals surface area contributed by atoms with Gasteiger partial charge in [-0.1, -0.05) is 36.4 Å². The number of hydrogen-bond donors (Lipinski definition) is 0. The summed E-state index contributed by atoms with van der Waals surface area (Å²) in [6, 6.07) is 16.3. The predicted octanol–water partition coefficient (Wildman–Crippen LogP) is 7.48. The van der Waals surface area contributed by atoms with Gasteiger partial charge in [-0.05, 0) is 47.0 Å². The van der Waals surface area contributed by atoms with Gasteiger partial charge in [0, 0.05) is 39.1 Å². The molecule has 0 N–H and O–H groups in total. The van der Waals surface area contributed by atoms with Gasteiger partial charge in [0.15, 0.2) is 17.5 Å². The van der Waals surface area contributed by atoms with Gasteiger partial charge in [-0.15, -0.1) is 0 Å². The maximum atomic E-state index is 14.2. The number of alkyl halides is 3. The first-order valence-corrected chi connectivity index (χ1v) is 12.4. The van der Waals surface area contributed by atoms with Crippen molar-refractivity contribution in [1.82, 2.24) is 14.5 Å². The first-order chi connectivity index (χ1) is 19.2. The molecule has 5 nitrogen and oxygen atoms in total. The molecule has 2 aliphatic heterocycles. The van der Waals surface area contributed by atoms with Gasteiger partial charge in [0.1, 0.15) is 11.4 Å². The lowest BCUT2D eigenvalue weighted by molar-refractivity contribution is -0.137. The Bertz CT molecular complexity index is 1580. The molecular weight excluding hydrogens is 529 g/mol. The third kappa shape index (κ3) is 5.96. The Hall–Kier alpha value is -4.31. The average Bonchev–Trinajstić information content (AvgIpc) is 3.36. The Kier molecular flexibility index (Phi) is 7.79. The summed E-state index contributed by atoms with van der Waals surface area (Å²) in [7, 11) is 1.55. The molecule has 0 aromatic heterocycles. The monoisotopic (exact) mass is 553 g/mol. The molecule has 40 heavy (non-hydrogen) atoms. The van der Waals surface area contributed by atoms with Gasteiger partial charge >= 0.3 is 6.18 Å². The molecule has 0 saturated heterocycles. The highest BCUT2D eigenvalue weighted by atomic mass is 19.4. The number of benzene rings is 3. The highest BCUT2D eigenvalue weighted by Crippen LogP contribution is 2.39. The number of halogens is 5. The minimum absolute atomic E-state index is 0.0257. The van der Waals surface area contributed by atoms with Crippen molar-refractivity contribution in [2.24, 2.45) is 0 Å². The minimum atomic E-state index is -4.56. The first kappa shape index (κ1) is 27.3. The topological polar surface area (TPSA) is 49.2 Å². The maximum Gasteiger partial charge on any atom is 0.417 e. The van der Waals surface area contributed by atoms with Crippen LogP contribution < -0.4 is 4.74 Å². The largest absolute Gasteiger partial charge is 0.493 e. The maximum absolute atomic E-state index is 14.2. The first-order valence-electron chi connectivity index (χ1n) is 12.4. The van der Waals surface area contributed by atoms with Gasteiger partial charge in [-0.3, -0.25) is 0 Å². The van der Waals surface area contributed by atoms with E-state index in [-0.39, 0.29) is 29.3 Å². The lowest BCUT2D eigenvalue weighted by atomic mass is 9.98. The fourth-order valence-corrected chi connectivity index (χ4v) is 4.34. The summed E-state index contributed by atoms with van der Waals surface area (Å²) >= 11 is 0. The van der Waals surface area contributed by atoms with E-state index in [2.05, 4.69) is 9.97 Å². The molecule has 10 heteroatoms. The van der Waals surface area contributed by atoms with Gasteiger partial charge in [-0.2, -0.15) is 13.2 Å². The van der Waals surface area contributed by atoms with Crippen LogP contribution in [0, 0.1) is 11.6 Å². The van der Waals surface area contributed by atoms with Crippen LogP contribution in [-0.2, 0) is 17.5 Å². The Morgan fingerprint density at radius 1 is 0.850 bits per heavy atom. The number of aromatic nitrogens is 3. The number of nitrogens with zero attached hydrogens (tertiary/aromatic N) is 3. The van der Waals surface area contributed by atoms with Crippen molar-refractivity contribution < 1.29 is 31.4 Å². The van der Waals surface area contributed by atoms with Gasteiger partial charge in [0.05, 0.1) is 23.4 Å². The van der Waals surface area contributed by atoms with Gasteiger partial charge in [0.25, 0.3) is 0 Å².